The van der Waals surface area contributed by atoms with Gasteiger partial charge in [0.15, 0.2) is 17.1 Å². The second-order valence-corrected chi connectivity index (χ2v) is 5.87. The molecule has 0 saturated carbocycles. The van der Waals surface area contributed by atoms with Gasteiger partial charge in [-0.1, -0.05) is 12.1 Å². The second-order valence-electron chi connectivity index (χ2n) is 5.87. The molecule has 4 aromatic rings. The van der Waals surface area contributed by atoms with Crippen LogP contribution < -0.4 is 14.8 Å². The lowest BCUT2D eigenvalue weighted by molar-refractivity contribution is 0.0962. The number of para-hydroxylation sites is 2. The van der Waals surface area contributed by atoms with Gasteiger partial charge in [-0.2, -0.15) is 0 Å². The van der Waals surface area contributed by atoms with E-state index >= 15 is 0 Å². The average Bonchev–Trinajstić information content (AvgIpc) is 3.23. The lowest BCUT2D eigenvalue weighted by Crippen LogP contribution is -2.17. The highest BCUT2D eigenvalue weighted by molar-refractivity contribution is 5.94. The summed E-state index contributed by atoms with van der Waals surface area (Å²) in [6.07, 6.45) is 3.45. The van der Waals surface area contributed by atoms with Gasteiger partial charge in [0.1, 0.15) is 5.52 Å². The molecule has 0 unspecified atom stereocenters. The molecule has 7 heteroatoms. The summed E-state index contributed by atoms with van der Waals surface area (Å²) in [5, 5.41) is 2.53. The summed E-state index contributed by atoms with van der Waals surface area (Å²) in [4.78, 5) is 19.6. The SMILES string of the molecule is CNC(=O)c1ccc(OC)c(OC)c1.c1ccc2oc(-c3ccncc3)nc2c1. The number of methoxy groups -OCH3 is 2. The lowest BCUT2D eigenvalue weighted by Gasteiger charge is -2.08. The number of oxazole rings is 1. The number of nitrogens with one attached hydrogen (secondary N) is 1. The number of hydrogen-bond donors (Lipinski definition) is 1. The van der Waals surface area contributed by atoms with E-state index in [0.29, 0.717) is 23.0 Å². The number of nitrogens with zero attached hydrogens (tertiary/aromatic N) is 2. The molecule has 4 rings (SSSR count). The van der Waals surface area contributed by atoms with Crippen LogP contribution in [0.2, 0.25) is 0 Å². The summed E-state index contributed by atoms with van der Waals surface area (Å²) in [5.74, 6) is 1.65. The molecular formula is C22H21N3O4. The molecule has 2 aromatic heterocycles. The van der Waals surface area contributed by atoms with Gasteiger partial charge in [-0.25, -0.2) is 4.98 Å². The summed E-state index contributed by atoms with van der Waals surface area (Å²) < 4.78 is 15.7. The minimum atomic E-state index is -0.147. The molecule has 0 saturated heterocycles. The molecule has 2 heterocycles. The Labute approximate surface area is 168 Å². The number of carbonyl (C=O) groups excluding carboxylic acids is 1. The zero-order valence-corrected chi connectivity index (χ0v) is 16.4. The monoisotopic (exact) mass is 391 g/mol. The van der Waals surface area contributed by atoms with Crippen LogP contribution in [0.3, 0.4) is 0 Å². The van der Waals surface area contributed by atoms with E-state index in [4.69, 9.17) is 13.9 Å². The van der Waals surface area contributed by atoms with E-state index in [0.717, 1.165) is 16.7 Å². The van der Waals surface area contributed by atoms with Gasteiger partial charge < -0.3 is 19.2 Å². The Morgan fingerprint density at radius 2 is 1.69 bits per heavy atom. The van der Waals surface area contributed by atoms with Gasteiger partial charge in [0, 0.05) is 30.6 Å². The molecule has 1 N–H and O–H groups in total. The van der Waals surface area contributed by atoms with Crippen molar-refractivity contribution < 1.29 is 18.7 Å². The Bertz CT molecular complexity index is 1060. The van der Waals surface area contributed by atoms with Crippen molar-refractivity contribution in [2.45, 2.75) is 0 Å². The van der Waals surface area contributed by atoms with Crippen molar-refractivity contribution in [3.63, 3.8) is 0 Å². The quantitative estimate of drug-likeness (QED) is 0.567. The zero-order valence-electron chi connectivity index (χ0n) is 16.4. The molecule has 0 aliphatic rings. The van der Waals surface area contributed by atoms with E-state index in [-0.39, 0.29) is 5.91 Å². The van der Waals surface area contributed by atoms with E-state index < -0.39 is 0 Å². The van der Waals surface area contributed by atoms with Gasteiger partial charge in [-0.05, 0) is 42.5 Å². The highest BCUT2D eigenvalue weighted by Gasteiger charge is 2.08. The highest BCUT2D eigenvalue weighted by atomic mass is 16.5. The zero-order chi connectivity index (χ0) is 20.6. The molecule has 7 nitrogen and oxygen atoms in total. The van der Waals surface area contributed by atoms with Crippen molar-refractivity contribution in [1.29, 1.82) is 0 Å². The Morgan fingerprint density at radius 3 is 2.34 bits per heavy atom. The second kappa shape index (κ2) is 9.36. The van der Waals surface area contributed by atoms with Crippen LogP contribution in [0.15, 0.2) is 71.4 Å². The first-order chi connectivity index (χ1) is 14.2. The van der Waals surface area contributed by atoms with Crippen LogP contribution in [0.4, 0.5) is 0 Å². The predicted octanol–water partition coefficient (Wildman–Crippen LogP) is 3.95. The van der Waals surface area contributed by atoms with Crippen LogP contribution in [-0.4, -0.2) is 37.1 Å². The van der Waals surface area contributed by atoms with E-state index in [9.17, 15) is 4.79 Å². The maximum absolute atomic E-state index is 11.3. The van der Waals surface area contributed by atoms with Crippen LogP contribution in [0.25, 0.3) is 22.6 Å². The fraction of sp³-hybridized carbons (Fsp3) is 0.136. The summed E-state index contributed by atoms with van der Waals surface area (Å²) in [6, 6.07) is 16.5. The first kappa shape index (κ1) is 19.9. The Hall–Kier alpha value is -3.87. The predicted molar refractivity (Wildman–Crippen MR) is 110 cm³/mol. The number of rotatable bonds is 4. The van der Waals surface area contributed by atoms with Gasteiger partial charge in [0.2, 0.25) is 5.89 Å². The summed E-state index contributed by atoms with van der Waals surface area (Å²) in [5.41, 5.74) is 3.18. The van der Waals surface area contributed by atoms with Crippen molar-refractivity contribution in [1.82, 2.24) is 15.3 Å². The summed E-state index contributed by atoms with van der Waals surface area (Å²) >= 11 is 0. The molecule has 0 aliphatic heterocycles. The van der Waals surface area contributed by atoms with E-state index in [1.807, 2.05) is 36.4 Å². The first-order valence-corrected chi connectivity index (χ1v) is 8.86. The molecule has 0 aliphatic carbocycles. The smallest absolute Gasteiger partial charge is 0.251 e. The number of hydrogen-bond acceptors (Lipinski definition) is 6. The lowest BCUT2D eigenvalue weighted by atomic mass is 10.2. The largest absolute Gasteiger partial charge is 0.493 e. The van der Waals surface area contributed by atoms with Crippen molar-refractivity contribution >= 4 is 17.0 Å². The summed E-state index contributed by atoms with van der Waals surface area (Å²) in [7, 11) is 4.67. The van der Waals surface area contributed by atoms with Crippen molar-refractivity contribution in [3.05, 3.63) is 72.6 Å². The van der Waals surface area contributed by atoms with Crippen molar-refractivity contribution in [2.24, 2.45) is 0 Å². The van der Waals surface area contributed by atoms with Crippen LogP contribution in [0.1, 0.15) is 10.4 Å². The fourth-order valence-electron chi connectivity index (χ4n) is 2.61. The van der Waals surface area contributed by atoms with E-state index in [1.165, 1.54) is 7.11 Å². The molecule has 0 fully saturated rings. The highest BCUT2D eigenvalue weighted by Crippen LogP contribution is 2.27. The first-order valence-electron chi connectivity index (χ1n) is 8.86. The van der Waals surface area contributed by atoms with Gasteiger partial charge >= 0.3 is 0 Å². The van der Waals surface area contributed by atoms with Crippen LogP contribution in [0.5, 0.6) is 11.5 Å². The number of carbonyl (C=O) groups is 1. The van der Waals surface area contributed by atoms with Crippen molar-refractivity contribution in [3.8, 4) is 23.0 Å². The van der Waals surface area contributed by atoms with E-state index in [1.54, 1.807) is 44.8 Å². The molecule has 29 heavy (non-hydrogen) atoms. The third-order valence-electron chi connectivity index (χ3n) is 4.09. The molecule has 148 valence electrons. The van der Waals surface area contributed by atoms with Gasteiger partial charge in [0.25, 0.3) is 5.91 Å². The number of benzene rings is 2. The fourth-order valence-corrected chi connectivity index (χ4v) is 2.61. The average molecular weight is 391 g/mol. The van der Waals surface area contributed by atoms with Crippen LogP contribution >= 0.6 is 0 Å². The minimum absolute atomic E-state index is 0.147. The van der Waals surface area contributed by atoms with Crippen molar-refractivity contribution in [2.75, 3.05) is 21.3 Å². The van der Waals surface area contributed by atoms with Crippen LogP contribution in [-0.2, 0) is 0 Å². The molecule has 0 radical (unpaired) electrons. The standard InChI is InChI=1S/C12H8N2O.C10H13NO3/c1-2-4-11-10(3-1)14-12(15-11)9-5-7-13-8-6-9;1-11-10(12)7-4-5-8(13-2)9(6-7)14-3/h1-8H;4-6H,1-3H3,(H,11,12). The third-order valence-corrected chi connectivity index (χ3v) is 4.09. The van der Waals surface area contributed by atoms with Gasteiger partial charge in [0.05, 0.1) is 14.2 Å². The Kier molecular flexibility index (Phi) is 6.42. The van der Waals surface area contributed by atoms with Gasteiger partial charge in [-0.3, -0.25) is 9.78 Å². The maximum Gasteiger partial charge on any atom is 0.251 e. The van der Waals surface area contributed by atoms with Crippen LogP contribution in [0, 0.1) is 0 Å². The minimum Gasteiger partial charge on any atom is -0.493 e. The molecular weight excluding hydrogens is 370 g/mol. The molecule has 0 bridgehead atoms. The molecule has 1 amide bonds. The maximum atomic E-state index is 11.3. The Morgan fingerprint density at radius 1 is 0.966 bits per heavy atom. The molecule has 2 aromatic carbocycles. The molecule has 0 spiro atoms. The summed E-state index contributed by atoms with van der Waals surface area (Å²) in [6.45, 7) is 0. The topological polar surface area (TPSA) is 86.5 Å². The Balaban J connectivity index is 0.000000166. The number of ether oxygens (including phenoxy) is 2. The number of fused-ring (bicyclic) bond motifs is 1. The molecule has 0 atom stereocenters. The van der Waals surface area contributed by atoms with Gasteiger partial charge in [-0.15, -0.1) is 0 Å². The number of aromatic nitrogens is 2. The normalized spacial score (nSPS) is 10.0. The number of pyridine rings is 1. The van der Waals surface area contributed by atoms with E-state index in [2.05, 4.69) is 15.3 Å². The third kappa shape index (κ3) is 4.70. The number of amides is 1.